The quantitative estimate of drug-likeness (QED) is 0.603. The third kappa shape index (κ3) is 4.82. The molecule has 0 saturated heterocycles. The van der Waals surface area contributed by atoms with E-state index in [9.17, 15) is 9.59 Å². The SMILES string of the molecule is CSc1ncccc1C(=O)NCc1cc(=O)[nH]c(CC2=CCCCC2)n1. The highest BCUT2D eigenvalue weighted by Gasteiger charge is 2.12. The van der Waals surface area contributed by atoms with E-state index in [4.69, 9.17) is 0 Å². The number of hydrogen-bond acceptors (Lipinski definition) is 5. The number of aromatic nitrogens is 3. The number of H-pyrrole nitrogens is 1. The maximum Gasteiger partial charge on any atom is 0.254 e. The van der Waals surface area contributed by atoms with Crippen LogP contribution < -0.4 is 10.9 Å². The summed E-state index contributed by atoms with van der Waals surface area (Å²) in [4.78, 5) is 35.8. The Labute approximate surface area is 156 Å². The lowest BCUT2D eigenvalue weighted by Crippen LogP contribution is -2.25. The maximum absolute atomic E-state index is 12.4. The van der Waals surface area contributed by atoms with Crippen molar-refractivity contribution in [3.05, 3.63) is 63.5 Å². The molecule has 1 aliphatic rings. The summed E-state index contributed by atoms with van der Waals surface area (Å²) in [7, 11) is 0. The number of nitrogens with one attached hydrogen (secondary N) is 2. The molecule has 2 aromatic heterocycles. The van der Waals surface area contributed by atoms with Gasteiger partial charge in [-0.3, -0.25) is 9.59 Å². The average Bonchev–Trinajstić information content (AvgIpc) is 2.66. The van der Waals surface area contributed by atoms with Gasteiger partial charge in [-0.25, -0.2) is 9.97 Å². The molecule has 0 aromatic carbocycles. The molecule has 7 heteroatoms. The standard InChI is InChI=1S/C19H22N4O2S/c1-26-19-15(8-5-9-20-19)18(25)21-12-14-11-17(24)23-16(22-14)10-13-6-3-2-4-7-13/h5-6,8-9,11H,2-4,7,10,12H2,1H3,(H,21,25)(H,22,23,24). The maximum atomic E-state index is 12.4. The number of aromatic amines is 1. The highest BCUT2D eigenvalue weighted by molar-refractivity contribution is 7.98. The number of rotatable bonds is 6. The van der Waals surface area contributed by atoms with E-state index in [1.807, 2.05) is 6.26 Å². The molecule has 1 amide bonds. The van der Waals surface area contributed by atoms with E-state index in [1.165, 1.54) is 36.2 Å². The minimum Gasteiger partial charge on any atom is -0.346 e. The minimum atomic E-state index is -0.221. The van der Waals surface area contributed by atoms with Gasteiger partial charge in [0.1, 0.15) is 10.9 Å². The monoisotopic (exact) mass is 370 g/mol. The Kier molecular flexibility index (Phi) is 6.22. The van der Waals surface area contributed by atoms with E-state index >= 15 is 0 Å². The van der Waals surface area contributed by atoms with E-state index in [0.717, 1.165) is 12.8 Å². The number of thioether (sulfide) groups is 1. The van der Waals surface area contributed by atoms with Gasteiger partial charge in [-0.1, -0.05) is 11.6 Å². The first-order chi connectivity index (χ1) is 12.7. The number of carbonyl (C=O) groups excluding carboxylic acids is 1. The molecule has 0 radical (unpaired) electrons. The van der Waals surface area contributed by atoms with E-state index < -0.39 is 0 Å². The molecule has 0 aliphatic heterocycles. The minimum absolute atomic E-state index is 0.193. The summed E-state index contributed by atoms with van der Waals surface area (Å²) in [6, 6.07) is 4.90. The molecule has 2 heterocycles. The average molecular weight is 370 g/mol. The zero-order chi connectivity index (χ0) is 18.4. The van der Waals surface area contributed by atoms with Gasteiger partial charge in [0, 0.05) is 18.7 Å². The van der Waals surface area contributed by atoms with Crippen LogP contribution in [0.2, 0.25) is 0 Å². The van der Waals surface area contributed by atoms with E-state index in [0.29, 0.717) is 28.5 Å². The number of carbonyl (C=O) groups is 1. The van der Waals surface area contributed by atoms with Gasteiger partial charge < -0.3 is 10.3 Å². The van der Waals surface area contributed by atoms with Crippen LogP contribution in [0, 0.1) is 0 Å². The number of allylic oxidation sites excluding steroid dienone is 2. The summed E-state index contributed by atoms with van der Waals surface area (Å²) < 4.78 is 0. The molecule has 2 N–H and O–H groups in total. The Morgan fingerprint density at radius 1 is 1.38 bits per heavy atom. The van der Waals surface area contributed by atoms with Crippen LogP contribution in [0.1, 0.15) is 47.6 Å². The molecule has 0 fully saturated rings. The zero-order valence-electron chi connectivity index (χ0n) is 14.7. The summed E-state index contributed by atoms with van der Waals surface area (Å²) in [5.41, 5.74) is 2.21. The fraction of sp³-hybridized carbons (Fsp3) is 0.368. The first-order valence-corrected chi connectivity index (χ1v) is 9.92. The van der Waals surface area contributed by atoms with Gasteiger partial charge in [0.2, 0.25) is 0 Å². The predicted molar refractivity (Wildman–Crippen MR) is 102 cm³/mol. The van der Waals surface area contributed by atoms with Crippen molar-refractivity contribution in [2.45, 2.75) is 43.7 Å². The number of nitrogens with zero attached hydrogens (tertiary/aromatic N) is 2. The predicted octanol–water partition coefficient (Wildman–Crippen LogP) is 2.86. The van der Waals surface area contributed by atoms with E-state index in [2.05, 4.69) is 26.3 Å². The van der Waals surface area contributed by atoms with Crippen LogP contribution in [0.15, 0.2) is 45.9 Å². The van der Waals surface area contributed by atoms with Gasteiger partial charge in [0.25, 0.3) is 11.5 Å². The van der Waals surface area contributed by atoms with Crippen LogP contribution in [-0.2, 0) is 13.0 Å². The Morgan fingerprint density at radius 2 is 2.27 bits per heavy atom. The lowest BCUT2D eigenvalue weighted by molar-refractivity contribution is 0.0946. The van der Waals surface area contributed by atoms with Crippen molar-refractivity contribution in [1.82, 2.24) is 20.3 Å². The second-order valence-corrected chi connectivity index (χ2v) is 7.01. The summed E-state index contributed by atoms with van der Waals surface area (Å²) in [5.74, 6) is 0.433. The van der Waals surface area contributed by atoms with E-state index in [1.54, 1.807) is 18.3 Å². The van der Waals surface area contributed by atoms with Gasteiger partial charge in [-0.05, 0) is 44.1 Å². The molecule has 0 spiro atoms. The molecule has 0 atom stereocenters. The van der Waals surface area contributed by atoms with Crippen molar-refractivity contribution < 1.29 is 4.79 Å². The molecule has 0 bridgehead atoms. The summed E-state index contributed by atoms with van der Waals surface area (Å²) in [6.07, 6.45) is 11.0. The molecule has 3 rings (SSSR count). The Bertz CT molecular complexity index is 876. The van der Waals surface area contributed by atoms with Crippen molar-refractivity contribution in [2.75, 3.05) is 6.26 Å². The molecular formula is C19H22N4O2S. The molecule has 1 aliphatic carbocycles. The Balaban J connectivity index is 1.68. The van der Waals surface area contributed by atoms with Crippen molar-refractivity contribution in [3.8, 4) is 0 Å². The van der Waals surface area contributed by atoms with Crippen LogP contribution in [0.4, 0.5) is 0 Å². The van der Waals surface area contributed by atoms with Crippen molar-refractivity contribution in [1.29, 1.82) is 0 Å². The second-order valence-electron chi connectivity index (χ2n) is 6.21. The number of amides is 1. The third-order valence-corrected chi connectivity index (χ3v) is 4.97. The first-order valence-electron chi connectivity index (χ1n) is 8.70. The molecule has 0 saturated carbocycles. The van der Waals surface area contributed by atoms with Crippen LogP contribution >= 0.6 is 11.8 Å². The Morgan fingerprint density at radius 3 is 3.04 bits per heavy atom. The fourth-order valence-corrected chi connectivity index (χ4v) is 3.56. The molecule has 0 unspecified atom stereocenters. The second kappa shape index (κ2) is 8.80. The van der Waals surface area contributed by atoms with E-state index in [-0.39, 0.29) is 18.0 Å². The van der Waals surface area contributed by atoms with Gasteiger partial charge in [0.15, 0.2) is 0 Å². The van der Waals surface area contributed by atoms with Gasteiger partial charge in [-0.15, -0.1) is 11.8 Å². The van der Waals surface area contributed by atoms with Crippen LogP contribution in [-0.4, -0.2) is 27.1 Å². The highest BCUT2D eigenvalue weighted by atomic mass is 32.2. The summed E-state index contributed by atoms with van der Waals surface area (Å²) in [6.45, 7) is 0.206. The van der Waals surface area contributed by atoms with Gasteiger partial charge in [-0.2, -0.15) is 0 Å². The van der Waals surface area contributed by atoms with Crippen LogP contribution in [0.25, 0.3) is 0 Å². The molecule has 136 valence electrons. The fourth-order valence-electron chi connectivity index (χ4n) is 3.01. The van der Waals surface area contributed by atoms with Gasteiger partial charge in [0.05, 0.1) is 17.8 Å². The number of pyridine rings is 1. The highest BCUT2D eigenvalue weighted by Crippen LogP contribution is 2.20. The largest absolute Gasteiger partial charge is 0.346 e. The molecule has 2 aromatic rings. The zero-order valence-corrected chi connectivity index (χ0v) is 15.6. The van der Waals surface area contributed by atoms with Crippen molar-refractivity contribution in [2.24, 2.45) is 0 Å². The Hall–Kier alpha value is -2.41. The summed E-state index contributed by atoms with van der Waals surface area (Å²) in [5, 5.41) is 3.50. The normalized spacial score (nSPS) is 14.0. The molecular weight excluding hydrogens is 348 g/mol. The lowest BCUT2D eigenvalue weighted by atomic mass is 9.97. The molecule has 26 heavy (non-hydrogen) atoms. The first kappa shape index (κ1) is 18.4. The van der Waals surface area contributed by atoms with Crippen molar-refractivity contribution in [3.63, 3.8) is 0 Å². The van der Waals surface area contributed by atoms with Gasteiger partial charge >= 0.3 is 0 Å². The van der Waals surface area contributed by atoms with Crippen LogP contribution in [0.5, 0.6) is 0 Å². The smallest absolute Gasteiger partial charge is 0.254 e. The van der Waals surface area contributed by atoms with Crippen LogP contribution in [0.3, 0.4) is 0 Å². The molecule has 6 nitrogen and oxygen atoms in total. The number of hydrogen-bond donors (Lipinski definition) is 2. The third-order valence-electron chi connectivity index (χ3n) is 4.26. The lowest BCUT2D eigenvalue weighted by Gasteiger charge is -2.12. The summed E-state index contributed by atoms with van der Waals surface area (Å²) >= 11 is 1.42. The van der Waals surface area contributed by atoms with Crippen molar-refractivity contribution >= 4 is 17.7 Å². The topological polar surface area (TPSA) is 87.7 Å².